The Balaban J connectivity index is 2.67. The number of hydrogen-bond donors (Lipinski definition) is 7. The molecular weight excluding hydrogens is 384 g/mol. The fourth-order valence-corrected chi connectivity index (χ4v) is 2.37. The summed E-state index contributed by atoms with van der Waals surface area (Å²) < 4.78 is 0. The van der Waals surface area contributed by atoms with Gasteiger partial charge in [0.25, 0.3) is 0 Å². The Hall–Kier alpha value is -2.99. The Morgan fingerprint density at radius 1 is 1.10 bits per heavy atom. The number of aliphatic carboxylic acids is 1. The van der Waals surface area contributed by atoms with Crippen LogP contribution in [0.4, 0.5) is 0 Å². The summed E-state index contributed by atoms with van der Waals surface area (Å²) in [4.78, 5) is 54.5. The highest BCUT2D eigenvalue weighted by Gasteiger charge is 2.29. The lowest BCUT2D eigenvalue weighted by Gasteiger charge is -2.25. The van der Waals surface area contributed by atoms with Crippen molar-refractivity contribution in [2.24, 2.45) is 11.7 Å². The number of carbonyl (C=O) groups is 4. The summed E-state index contributed by atoms with van der Waals surface area (Å²) >= 11 is 0. The number of imidazole rings is 1. The molecule has 0 bridgehead atoms. The Bertz CT molecular complexity index is 707. The van der Waals surface area contributed by atoms with Crippen molar-refractivity contribution >= 4 is 23.7 Å². The lowest BCUT2D eigenvalue weighted by molar-refractivity contribution is -0.143. The van der Waals surface area contributed by atoms with E-state index in [-0.39, 0.29) is 12.3 Å². The highest BCUT2D eigenvalue weighted by molar-refractivity contribution is 5.94. The number of H-pyrrole nitrogens is 1. The molecule has 12 nitrogen and oxygen atoms in total. The first-order valence-electron chi connectivity index (χ1n) is 9.04. The fraction of sp³-hybridized carbons (Fsp3) is 0.588. The summed E-state index contributed by atoms with van der Waals surface area (Å²) in [6.07, 6.45) is 3.20. The summed E-state index contributed by atoms with van der Waals surface area (Å²) in [5.41, 5.74) is 6.54. The van der Waals surface area contributed by atoms with E-state index < -0.39 is 54.5 Å². The van der Waals surface area contributed by atoms with E-state index in [2.05, 4.69) is 25.9 Å². The van der Waals surface area contributed by atoms with Crippen LogP contribution in [0.5, 0.6) is 0 Å². The minimum atomic E-state index is -1.48. The molecule has 0 spiro atoms. The van der Waals surface area contributed by atoms with Crippen molar-refractivity contribution in [3.05, 3.63) is 18.2 Å². The van der Waals surface area contributed by atoms with E-state index in [1.54, 1.807) is 13.8 Å². The Morgan fingerprint density at radius 2 is 1.76 bits per heavy atom. The molecule has 0 fully saturated rings. The Labute approximate surface area is 167 Å². The first-order chi connectivity index (χ1) is 13.6. The molecule has 1 heterocycles. The van der Waals surface area contributed by atoms with Gasteiger partial charge in [-0.25, -0.2) is 9.78 Å². The van der Waals surface area contributed by atoms with Gasteiger partial charge in [-0.1, -0.05) is 13.8 Å². The number of aliphatic hydroxyl groups is 1. The number of carboxylic acids is 1. The van der Waals surface area contributed by atoms with Crippen molar-refractivity contribution in [3.8, 4) is 0 Å². The van der Waals surface area contributed by atoms with Crippen LogP contribution in [-0.4, -0.2) is 74.6 Å². The number of aliphatic hydroxyl groups excluding tert-OH is 1. The van der Waals surface area contributed by atoms with Crippen molar-refractivity contribution in [1.82, 2.24) is 25.9 Å². The lowest BCUT2D eigenvalue weighted by atomic mass is 10.0. The van der Waals surface area contributed by atoms with E-state index in [0.29, 0.717) is 5.69 Å². The molecular formula is C17H28N6O6. The molecule has 3 amide bonds. The predicted molar refractivity (Wildman–Crippen MR) is 101 cm³/mol. The van der Waals surface area contributed by atoms with E-state index in [1.807, 2.05) is 0 Å². The van der Waals surface area contributed by atoms with Gasteiger partial charge in [-0.2, -0.15) is 0 Å². The molecule has 4 unspecified atom stereocenters. The molecule has 0 radical (unpaired) electrons. The van der Waals surface area contributed by atoms with E-state index >= 15 is 0 Å². The lowest BCUT2D eigenvalue weighted by Crippen LogP contribution is -2.58. The largest absolute Gasteiger partial charge is 0.480 e. The summed E-state index contributed by atoms with van der Waals surface area (Å²) in [6, 6.07) is -4.44. The van der Waals surface area contributed by atoms with Crippen LogP contribution in [0.2, 0.25) is 0 Å². The maximum atomic E-state index is 12.5. The standard InChI is InChI=1S/C17H28N6O6/c1-8(2)13(23-15(26)11(18)4-10-5-19-7-20-10)16(27)21-9(3)14(25)22-12(6-24)17(28)29/h5,7-9,11-13,24H,4,6,18H2,1-3H3,(H,19,20)(H,21,27)(H,22,25)(H,23,26)(H,28,29). The number of aromatic nitrogens is 2. The van der Waals surface area contributed by atoms with Crippen LogP contribution in [0, 0.1) is 5.92 Å². The summed E-state index contributed by atoms with van der Waals surface area (Å²) in [5.74, 6) is -3.67. The van der Waals surface area contributed by atoms with Crippen LogP contribution >= 0.6 is 0 Å². The number of nitrogens with one attached hydrogen (secondary N) is 4. The normalized spacial score (nSPS) is 15.1. The topological polar surface area (TPSA) is 200 Å². The highest BCUT2D eigenvalue weighted by atomic mass is 16.4. The average Bonchev–Trinajstić information content (AvgIpc) is 3.15. The minimum Gasteiger partial charge on any atom is -0.480 e. The summed E-state index contributed by atoms with van der Waals surface area (Å²) in [7, 11) is 0. The number of hydrogen-bond acceptors (Lipinski definition) is 7. The summed E-state index contributed by atoms with van der Waals surface area (Å²) in [5, 5.41) is 24.9. The van der Waals surface area contributed by atoms with Gasteiger partial charge in [-0.15, -0.1) is 0 Å². The van der Waals surface area contributed by atoms with Gasteiger partial charge in [0.2, 0.25) is 17.7 Å². The van der Waals surface area contributed by atoms with Gasteiger partial charge in [-0.3, -0.25) is 14.4 Å². The van der Waals surface area contributed by atoms with E-state index in [4.69, 9.17) is 15.9 Å². The van der Waals surface area contributed by atoms with Crippen molar-refractivity contribution in [3.63, 3.8) is 0 Å². The second kappa shape index (κ2) is 11.1. The molecule has 4 atom stereocenters. The number of carbonyl (C=O) groups excluding carboxylic acids is 3. The minimum absolute atomic E-state index is 0.203. The van der Waals surface area contributed by atoms with Crippen LogP contribution in [-0.2, 0) is 25.6 Å². The molecule has 1 aromatic heterocycles. The number of amides is 3. The van der Waals surface area contributed by atoms with Crippen molar-refractivity contribution in [2.45, 2.75) is 51.4 Å². The van der Waals surface area contributed by atoms with Gasteiger partial charge < -0.3 is 36.9 Å². The number of nitrogens with zero attached hydrogens (tertiary/aromatic N) is 1. The first kappa shape index (κ1) is 24.0. The maximum Gasteiger partial charge on any atom is 0.328 e. The van der Waals surface area contributed by atoms with Crippen molar-refractivity contribution < 1.29 is 29.4 Å². The van der Waals surface area contributed by atoms with Crippen LogP contribution in [0.15, 0.2) is 12.5 Å². The third kappa shape index (κ3) is 7.50. The molecule has 0 aliphatic carbocycles. The third-order valence-corrected chi connectivity index (χ3v) is 4.13. The number of aromatic amines is 1. The smallest absolute Gasteiger partial charge is 0.328 e. The molecule has 0 saturated heterocycles. The molecule has 8 N–H and O–H groups in total. The fourth-order valence-electron chi connectivity index (χ4n) is 2.37. The zero-order valence-electron chi connectivity index (χ0n) is 16.5. The van der Waals surface area contributed by atoms with Gasteiger partial charge >= 0.3 is 5.97 Å². The molecule has 0 aliphatic heterocycles. The monoisotopic (exact) mass is 412 g/mol. The maximum absolute atomic E-state index is 12.5. The molecule has 0 aromatic carbocycles. The quantitative estimate of drug-likeness (QED) is 0.206. The molecule has 0 aliphatic rings. The van der Waals surface area contributed by atoms with Crippen LogP contribution in [0.25, 0.3) is 0 Å². The van der Waals surface area contributed by atoms with E-state index in [9.17, 15) is 19.2 Å². The predicted octanol–water partition coefficient (Wildman–Crippen LogP) is -2.51. The number of nitrogens with two attached hydrogens (primary N) is 1. The van der Waals surface area contributed by atoms with Crippen LogP contribution in [0.1, 0.15) is 26.5 Å². The molecule has 29 heavy (non-hydrogen) atoms. The van der Waals surface area contributed by atoms with Gasteiger partial charge in [-0.05, 0) is 12.8 Å². The molecule has 162 valence electrons. The first-order valence-corrected chi connectivity index (χ1v) is 9.04. The summed E-state index contributed by atoms with van der Waals surface area (Å²) in [6.45, 7) is 3.98. The van der Waals surface area contributed by atoms with Gasteiger partial charge in [0.15, 0.2) is 0 Å². The second-order valence-corrected chi connectivity index (χ2v) is 6.93. The van der Waals surface area contributed by atoms with Gasteiger partial charge in [0.05, 0.1) is 19.0 Å². The van der Waals surface area contributed by atoms with Crippen molar-refractivity contribution in [1.29, 1.82) is 0 Å². The molecule has 1 aromatic rings. The second-order valence-electron chi connectivity index (χ2n) is 6.93. The highest BCUT2D eigenvalue weighted by Crippen LogP contribution is 2.04. The van der Waals surface area contributed by atoms with E-state index in [1.165, 1.54) is 19.4 Å². The molecule has 12 heteroatoms. The Kier molecular flexibility index (Phi) is 9.22. The zero-order chi connectivity index (χ0) is 22.1. The van der Waals surface area contributed by atoms with Crippen LogP contribution < -0.4 is 21.7 Å². The SMILES string of the molecule is CC(NC(=O)C(NC(=O)C(N)Cc1cnc[nH]1)C(C)C)C(=O)NC(CO)C(=O)O. The molecule has 0 saturated carbocycles. The number of carboxylic acid groups (broad SMARTS) is 1. The number of rotatable bonds is 11. The van der Waals surface area contributed by atoms with Crippen molar-refractivity contribution in [2.75, 3.05) is 6.61 Å². The molecule has 1 rings (SSSR count). The Morgan fingerprint density at radius 3 is 2.24 bits per heavy atom. The third-order valence-electron chi connectivity index (χ3n) is 4.13. The zero-order valence-corrected chi connectivity index (χ0v) is 16.5. The van der Waals surface area contributed by atoms with Crippen LogP contribution in [0.3, 0.4) is 0 Å². The van der Waals surface area contributed by atoms with E-state index in [0.717, 1.165) is 0 Å². The van der Waals surface area contributed by atoms with Gasteiger partial charge in [0, 0.05) is 18.3 Å². The van der Waals surface area contributed by atoms with Gasteiger partial charge in [0.1, 0.15) is 18.1 Å². The average molecular weight is 412 g/mol.